The first-order chi connectivity index (χ1) is 17.5. The third-order valence-corrected chi connectivity index (χ3v) is 6.78. The molecular formula is C26H23N7O2S. The van der Waals surface area contributed by atoms with Crippen LogP contribution in [0.4, 0.5) is 5.69 Å². The first-order valence-corrected chi connectivity index (χ1v) is 12.2. The zero-order valence-electron chi connectivity index (χ0n) is 19.7. The molecule has 0 atom stereocenters. The molecule has 3 aromatic carbocycles. The maximum Gasteiger partial charge on any atom is 0.297 e. The highest BCUT2D eigenvalue weighted by Crippen LogP contribution is 2.24. The molecule has 0 unspecified atom stereocenters. The molecule has 0 aliphatic heterocycles. The van der Waals surface area contributed by atoms with Crippen LogP contribution in [0.5, 0.6) is 0 Å². The summed E-state index contributed by atoms with van der Waals surface area (Å²) in [4.78, 5) is 25.8. The predicted octanol–water partition coefficient (Wildman–Crippen LogP) is 4.00. The molecule has 0 spiro atoms. The lowest BCUT2D eigenvalue weighted by Crippen LogP contribution is -2.22. The van der Waals surface area contributed by atoms with Crippen LogP contribution in [0.25, 0.3) is 11.4 Å². The van der Waals surface area contributed by atoms with Crippen molar-refractivity contribution in [3.8, 4) is 11.4 Å². The van der Waals surface area contributed by atoms with Crippen molar-refractivity contribution < 1.29 is 4.79 Å². The van der Waals surface area contributed by atoms with Crippen LogP contribution in [0.15, 0.2) is 94.9 Å². The van der Waals surface area contributed by atoms with Crippen LogP contribution in [0.1, 0.15) is 21.6 Å². The second-order valence-electron chi connectivity index (χ2n) is 8.09. The predicted molar refractivity (Wildman–Crippen MR) is 139 cm³/mol. The van der Waals surface area contributed by atoms with E-state index < -0.39 is 0 Å². The quantitative estimate of drug-likeness (QED) is 0.341. The standard InChI is InChI=1S/C26H23N7O2S/c1-18-23(25(35)33(31(18)2)22-11-7-4-8-12-22)32-26(28-29-30-32)36-17-19-13-15-20(16-14-19)24(34)27-21-9-5-3-6-10-21/h3-16H,17H2,1-2H3,(H,27,34). The second-order valence-corrected chi connectivity index (χ2v) is 9.03. The van der Waals surface area contributed by atoms with Crippen LogP contribution in [0.2, 0.25) is 0 Å². The van der Waals surface area contributed by atoms with E-state index >= 15 is 0 Å². The maximum absolute atomic E-state index is 13.3. The van der Waals surface area contributed by atoms with Crippen molar-refractivity contribution >= 4 is 23.4 Å². The summed E-state index contributed by atoms with van der Waals surface area (Å²) in [5, 5.41) is 15.4. The number of nitrogens with zero attached hydrogens (tertiary/aromatic N) is 6. The van der Waals surface area contributed by atoms with E-state index in [9.17, 15) is 9.59 Å². The van der Waals surface area contributed by atoms with Gasteiger partial charge in [0.05, 0.1) is 11.4 Å². The molecule has 0 aliphatic rings. The third kappa shape index (κ3) is 4.58. The summed E-state index contributed by atoms with van der Waals surface area (Å²) in [6.07, 6.45) is 0. The Morgan fingerprint density at radius 1 is 0.944 bits per heavy atom. The monoisotopic (exact) mass is 497 g/mol. The summed E-state index contributed by atoms with van der Waals surface area (Å²) in [6, 6.07) is 26.1. The summed E-state index contributed by atoms with van der Waals surface area (Å²) >= 11 is 1.42. The summed E-state index contributed by atoms with van der Waals surface area (Å²) in [6.45, 7) is 1.87. The molecule has 5 aromatic rings. The molecule has 2 heterocycles. The number of aromatic nitrogens is 6. The number of benzene rings is 3. The summed E-state index contributed by atoms with van der Waals surface area (Å²) in [7, 11) is 1.83. The number of rotatable bonds is 7. The topological polar surface area (TPSA) is 99.6 Å². The molecule has 10 heteroatoms. The number of hydrogen-bond donors (Lipinski definition) is 1. The highest BCUT2D eigenvalue weighted by Gasteiger charge is 2.22. The Morgan fingerprint density at radius 3 is 2.31 bits per heavy atom. The van der Waals surface area contributed by atoms with Gasteiger partial charge in [-0.3, -0.25) is 14.3 Å². The largest absolute Gasteiger partial charge is 0.322 e. The molecule has 0 saturated heterocycles. The lowest BCUT2D eigenvalue weighted by atomic mass is 10.1. The van der Waals surface area contributed by atoms with Crippen LogP contribution in [-0.2, 0) is 12.8 Å². The normalized spacial score (nSPS) is 10.9. The van der Waals surface area contributed by atoms with E-state index in [1.165, 1.54) is 16.4 Å². The van der Waals surface area contributed by atoms with E-state index in [0.29, 0.717) is 22.2 Å². The zero-order chi connectivity index (χ0) is 25.1. The van der Waals surface area contributed by atoms with Crippen molar-refractivity contribution in [2.75, 3.05) is 5.32 Å². The summed E-state index contributed by atoms with van der Waals surface area (Å²) in [5.74, 6) is 0.401. The molecule has 1 amide bonds. The van der Waals surface area contributed by atoms with Crippen LogP contribution in [0, 0.1) is 6.92 Å². The minimum atomic E-state index is -0.205. The molecular weight excluding hydrogens is 474 g/mol. The van der Waals surface area contributed by atoms with E-state index in [1.807, 2.05) is 86.8 Å². The fraction of sp³-hybridized carbons (Fsp3) is 0.115. The third-order valence-electron chi connectivity index (χ3n) is 5.79. The Bertz CT molecular complexity index is 1560. The van der Waals surface area contributed by atoms with Gasteiger partial charge in [0.25, 0.3) is 11.5 Å². The molecule has 1 N–H and O–H groups in total. The lowest BCUT2D eigenvalue weighted by molar-refractivity contribution is 0.102. The van der Waals surface area contributed by atoms with Crippen LogP contribution in [-0.4, -0.2) is 35.5 Å². The number of tetrazole rings is 1. The van der Waals surface area contributed by atoms with Crippen molar-refractivity contribution in [2.24, 2.45) is 7.05 Å². The van der Waals surface area contributed by atoms with Crippen LogP contribution >= 0.6 is 11.8 Å². The van der Waals surface area contributed by atoms with E-state index in [2.05, 4.69) is 20.8 Å². The first-order valence-electron chi connectivity index (χ1n) is 11.2. The Balaban J connectivity index is 1.33. The highest BCUT2D eigenvalue weighted by molar-refractivity contribution is 7.98. The molecule has 180 valence electrons. The van der Waals surface area contributed by atoms with Crippen molar-refractivity contribution in [2.45, 2.75) is 17.8 Å². The van der Waals surface area contributed by atoms with Gasteiger partial charge in [0.1, 0.15) is 0 Å². The minimum absolute atomic E-state index is 0.168. The molecule has 0 aliphatic carbocycles. The molecule has 2 aromatic heterocycles. The van der Waals surface area contributed by atoms with Crippen molar-refractivity contribution in [3.63, 3.8) is 0 Å². The number of nitrogens with one attached hydrogen (secondary N) is 1. The number of amides is 1. The number of carbonyl (C=O) groups excluding carboxylic acids is 1. The van der Waals surface area contributed by atoms with Gasteiger partial charge in [-0.05, 0) is 59.3 Å². The van der Waals surface area contributed by atoms with Gasteiger partial charge in [-0.1, -0.05) is 60.3 Å². The molecule has 5 rings (SSSR count). The highest BCUT2D eigenvalue weighted by atomic mass is 32.2. The number of carbonyl (C=O) groups is 1. The average molecular weight is 498 g/mol. The van der Waals surface area contributed by atoms with Crippen molar-refractivity contribution in [1.82, 2.24) is 29.6 Å². The number of hydrogen-bond acceptors (Lipinski definition) is 6. The van der Waals surface area contributed by atoms with Crippen molar-refractivity contribution in [3.05, 3.63) is 112 Å². The Kier molecular flexibility index (Phi) is 6.50. The Hall–Kier alpha value is -4.44. The van der Waals surface area contributed by atoms with Gasteiger partial charge in [-0.15, -0.1) is 5.10 Å². The first kappa shape index (κ1) is 23.3. The SMILES string of the molecule is Cc1c(-n2nnnc2SCc2ccc(C(=O)Nc3ccccc3)cc2)c(=O)n(-c2ccccc2)n1C. The number of para-hydroxylation sites is 2. The summed E-state index contributed by atoms with van der Waals surface area (Å²) < 4.78 is 4.88. The molecule has 0 fully saturated rings. The molecule has 0 saturated carbocycles. The van der Waals surface area contributed by atoms with E-state index in [0.717, 1.165) is 22.6 Å². The van der Waals surface area contributed by atoms with E-state index in [-0.39, 0.29) is 11.5 Å². The van der Waals surface area contributed by atoms with Crippen molar-refractivity contribution in [1.29, 1.82) is 0 Å². The number of anilines is 1. The molecule has 0 bridgehead atoms. The van der Waals surface area contributed by atoms with Gasteiger partial charge in [0.2, 0.25) is 5.16 Å². The van der Waals surface area contributed by atoms with Crippen LogP contribution < -0.4 is 10.9 Å². The maximum atomic E-state index is 13.3. The van der Waals surface area contributed by atoms with Crippen LogP contribution in [0.3, 0.4) is 0 Å². The van der Waals surface area contributed by atoms with Gasteiger partial charge in [-0.2, -0.15) is 4.68 Å². The lowest BCUT2D eigenvalue weighted by Gasteiger charge is -2.07. The van der Waals surface area contributed by atoms with Gasteiger partial charge in [0, 0.05) is 24.1 Å². The van der Waals surface area contributed by atoms with E-state index in [1.54, 1.807) is 21.5 Å². The van der Waals surface area contributed by atoms with Gasteiger partial charge in [0.15, 0.2) is 5.69 Å². The van der Waals surface area contributed by atoms with E-state index in [4.69, 9.17) is 0 Å². The fourth-order valence-electron chi connectivity index (χ4n) is 3.83. The number of thioether (sulfide) groups is 1. The molecule has 0 radical (unpaired) electrons. The van der Waals surface area contributed by atoms with Gasteiger partial charge in [-0.25, -0.2) is 4.68 Å². The minimum Gasteiger partial charge on any atom is -0.322 e. The van der Waals surface area contributed by atoms with Gasteiger partial charge < -0.3 is 5.32 Å². The Labute approximate surface area is 211 Å². The summed E-state index contributed by atoms with van der Waals surface area (Å²) in [5.41, 5.74) is 4.02. The average Bonchev–Trinajstić information content (AvgIpc) is 3.45. The molecule has 9 nitrogen and oxygen atoms in total. The zero-order valence-corrected chi connectivity index (χ0v) is 20.5. The Morgan fingerprint density at radius 2 is 1.61 bits per heavy atom. The molecule has 36 heavy (non-hydrogen) atoms. The smallest absolute Gasteiger partial charge is 0.297 e. The second kappa shape index (κ2) is 10.0. The van der Waals surface area contributed by atoms with Gasteiger partial charge >= 0.3 is 0 Å². The fourth-order valence-corrected chi connectivity index (χ4v) is 4.66.